The highest BCUT2D eigenvalue weighted by atomic mass is 19.1. The lowest BCUT2D eigenvalue weighted by Crippen LogP contribution is -2.43. The van der Waals surface area contributed by atoms with E-state index in [2.05, 4.69) is 15.3 Å². The summed E-state index contributed by atoms with van der Waals surface area (Å²) in [5.74, 6) is -0.339. The van der Waals surface area contributed by atoms with Crippen LogP contribution < -0.4 is 5.32 Å². The summed E-state index contributed by atoms with van der Waals surface area (Å²) in [6.07, 6.45) is 5.73. The van der Waals surface area contributed by atoms with Crippen LogP contribution in [0.5, 0.6) is 0 Å². The zero-order valence-corrected chi connectivity index (χ0v) is 17.1. The lowest BCUT2D eigenvalue weighted by Gasteiger charge is -2.34. The Kier molecular flexibility index (Phi) is 5.24. The van der Waals surface area contributed by atoms with Crippen molar-refractivity contribution < 1.29 is 14.0 Å². The summed E-state index contributed by atoms with van der Waals surface area (Å²) < 4.78 is 15.9. The average molecular weight is 409 g/mol. The zero-order valence-electron chi connectivity index (χ0n) is 17.1. The molecule has 3 aromatic heterocycles. The van der Waals surface area contributed by atoms with Crippen LogP contribution in [0.4, 0.5) is 4.39 Å². The van der Waals surface area contributed by atoms with Crippen molar-refractivity contribution in [3.8, 4) is 5.69 Å². The molecule has 0 aliphatic carbocycles. The lowest BCUT2D eigenvalue weighted by atomic mass is 9.95. The van der Waals surface area contributed by atoms with Crippen LogP contribution in [0.25, 0.3) is 16.7 Å². The van der Waals surface area contributed by atoms with Gasteiger partial charge in [-0.05, 0) is 51.0 Å². The van der Waals surface area contributed by atoms with Gasteiger partial charge in [-0.15, -0.1) is 0 Å². The van der Waals surface area contributed by atoms with Crippen molar-refractivity contribution in [3.63, 3.8) is 0 Å². The Balaban J connectivity index is 1.55. The van der Waals surface area contributed by atoms with Crippen molar-refractivity contribution >= 4 is 22.8 Å². The van der Waals surface area contributed by atoms with Gasteiger partial charge >= 0.3 is 0 Å². The van der Waals surface area contributed by atoms with E-state index in [9.17, 15) is 14.0 Å². The normalized spacial score (nSPS) is 15.9. The number of rotatable bonds is 4. The van der Waals surface area contributed by atoms with Crippen molar-refractivity contribution in [2.75, 3.05) is 19.6 Å². The topological polar surface area (TPSA) is 80.1 Å². The molecule has 3 aromatic rings. The SMILES string of the molecule is CCNC(=O)c1ccc(-n2ccc3cc(C(=O)N4CCC(C)(F)CC4)cnc32)cn1. The van der Waals surface area contributed by atoms with Crippen LogP contribution in [-0.4, -0.2) is 56.6 Å². The Morgan fingerprint density at radius 1 is 1.17 bits per heavy atom. The molecule has 0 unspecified atom stereocenters. The van der Waals surface area contributed by atoms with Crippen LogP contribution in [0.3, 0.4) is 0 Å². The monoisotopic (exact) mass is 409 g/mol. The van der Waals surface area contributed by atoms with Crippen LogP contribution in [0, 0.1) is 0 Å². The number of hydrogen-bond donors (Lipinski definition) is 1. The summed E-state index contributed by atoms with van der Waals surface area (Å²) in [5, 5.41) is 3.54. The number of fused-ring (bicyclic) bond motifs is 1. The minimum atomic E-state index is -1.20. The predicted molar refractivity (Wildman–Crippen MR) is 112 cm³/mol. The fourth-order valence-corrected chi connectivity index (χ4v) is 3.62. The van der Waals surface area contributed by atoms with E-state index in [0.29, 0.717) is 49.4 Å². The number of amides is 2. The first-order valence-corrected chi connectivity index (χ1v) is 10.1. The molecular formula is C22H24FN5O2. The molecule has 1 aliphatic rings. The van der Waals surface area contributed by atoms with Crippen LogP contribution >= 0.6 is 0 Å². The van der Waals surface area contributed by atoms with Crippen molar-refractivity contribution in [1.82, 2.24) is 24.8 Å². The van der Waals surface area contributed by atoms with Gasteiger partial charge in [-0.3, -0.25) is 14.2 Å². The van der Waals surface area contributed by atoms with Gasteiger partial charge in [0.25, 0.3) is 11.8 Å². The Bertz CT molecular complexity index is 1080. The Morgan fingerprint density at radius 3 is 2.60 bits per heavy atom. The van der Waals surface area contributed by atoms with Gasteiger partial charge in [0.15, 0.2) is 0 Å². The Labute approximate surface area is 173 Å². The van der Waals surface area contributed by atoms with Gasteiger partial charge in [-0.25, -0.2) is 14.4 Å². The number of hydrogen-bond acceptors (Lipinski definition) is 4. The molecule has 8 heteroatoms. The first-order chi connectivity index (χ1) is 14.4. The molecule has 1 saturated heterocycles. The smallest absolute Gasteiger partial charge is 0.269 e. The molecule has 156 valence electrons. The third-order valence-corrected chi connectivity index (χ3v) is 5.46. The third-order valence-electron chi connectivity index (χ3n) is 5.46. The molecule has 1 aliphatic heterocycles. The number of alkyl halides is 1. The van der Waals surface area contributed by atoms with E-state index in [0.717, 1.165) is 11.1 Å². The number of aromatic nitrogens is 3. The molecule has 0 bridgehead atoms. The largest absolute Gasteiger partial charge is 0.351 e. The van der Waals surface area contributed by atoms with Crippen molar-refractivity contribution in [1.29, 1.82) is 0 Å². The van der Waals surface area contributed by atoms with E-state index < -0.39 is 5.67 Å². The standard InChI is InChI=1S/C22H24FN5O2/c1-3-24-20(29)18-5-4-17(14-25-18)28-9-6-15-12-16(13-26-19(15)28)21(30)27-10-7-22(2,23)8-11-27/h4-6,9,12-14H,3,7-8,10-11H2,1-2H3,(H,24,29). The Hall–Kier alpha value is -3.29. The molecule has 0 aromatic carbocycles. The second-order valence-corrected chi connectivity index (χ2v) is 7.79. The number of halogens is 1. The van der Waals surface area contributed by atoms with Gasteiger partial charge in [0.1, 0.15) is 17.0 Å². The highest BCUT2D eigenvalue weighted by Gasteiger charge is 2.32. The van der Waals surface area contributed by atoms with Crippen molar-refractivity contribution in [2.24, 2.45) is 0 Å². The number of pyridine rings is 2. The first-order valence-electron chi connectivity index (χ1n) is 10.1. The van der Waals surface area contributed by atoms with Crippen molar-refractivity contribution in [3.05, 3.63) is 54.1 Å². The minimum Gasteiger partial charge on any atom is -0.351 e. The molecule has 0 spiro atoms. The summed E-state index contributed by atoms with van der Waals surface area (Å²) in [4.78, 5) is 35.1. The number of piperidine rings is 1. The number of carbonyl (C=O) groups excluding carboxylic acids is 2. The molecule has 4 heterocycles. The summed E-state index contributed by atoms with van der Waals surface area (Å²) in [7, 11) is 0. The van der Waals surface area contributed by atoms with Crippen molar-refractivity contribution in [2.45, 2.75) is 32.4 Å². The maximum Gasteiger partial charge on any atom is 0.269 e. The zero-order chi connectivity index (χ0) is 21.3. The summed E-state index contributed by atoms with van der Waals surface area (Å²) in [5.41, 5.74) is 1.10. The molecule has 1 N–H and O–H groups in total. The molecule has 0 radical (unpaired) electrons. The van der Waals surface area contributed by atoms with Gasteiger partial charge < -0.3 is 10.2 Å². The molecule has 1 fully saturated rings. The maximum atomic E-state index is 14.0. The van der Waals surface area contributed by atoms with Gasteiger partial charge in [0.2, 0.25) is 0 Å². The van der Waals surface area contributed by atoms with E-state index >= 15 is 0 Å². The highest BCUT2D eigenvalue weighted by molar-refractivity contribution is 5.97. The first kappa shape index (κ1) is 20.0. The van der Waals surface area contributed by atoms with Crippen LogP contribution in [-0.2, 0) is 0 Å². The maximum absolute atomic E-state index is 14.0. The summed E-state index contributed by atoms with van der Waals surface area (Å²) in [6.45, 7) is 4.80. The number of likely N-dealkylation sites (tertiary alicyclic amines) is 1. The molecule has 0 atom stereocenters. The third kappa shape index (κ3) is 3.90. The van der Waals surface area contributed by atoms with Gasteiger partial charge in [-0.1, -0.05) is 0 Å². The fraction of sp³-hybridized carbons (Fsp3) is 0.364. The predicted octanol–water partition coefficient (Wildman–Crippen LogP) is 3.13. The van der Waals surface area contributed by atoms with E-state index in [1.165, 1.54) is 0 Å². The molecule has 30 heavy (non-hydrogen) atoms. The van der Waals surface area contributed by atoms with E-state index in [-0.39, 0.29) is 11.8 Å². The van der Waals surface area contributed by atoms with Gasteiger partial charge in [-0.2, -0.15) is 0 Å². The molecule has 2 amide bonds. The van der Waals surface area contributed by atoms with Gasteiger partial charge in [0.05, 0.1) is 17.4 Å². The van der Waals surface area contributed by atoms with Crippen LogP contribution in [0.15, 0.2) is 42.9 Å². The molecular weight excluding hydrogens is 385 g/mol. The highest BCUT2D eigenvalue weighted by Crippen LogP contribution is 2.27. The van der Waals surface area contributed by atoms with E-state index in [1.54, 1.807) is 42.4 Å². The lowest BCUT2D eigenvalue weighted by molar-refractivity contribution is 0.0503. The second-order valence-electron chi connectivity index (χ2n) is 7.79. The van der Waals surface area contributed by atoms with E-state index in [4.69, 9.17) is 0 Å². The molecule has 4 rings (SSSR count). The summed E-state index contributed by atoms with van der Waals surface area (Å²) in [6, 6.07) is 7.16. The second kappa shape index (κ2) is 7.85. The van der Waals surface area contributed by atoms with Crippen LogP contribution in [0.2, 0.25) is 0 Å². The van der Waals surface area contributed by atoms with E-state index in [1.807, 2.05) is 23.8 Å². The van der Waals surface area contributed by atoms with Gasteiger partial charge in [0, 0.05) is 37.4 Å². The number of nitrogens with one attached hydrogen (secondary N) is 1. The molecule has 0 saturated carbocycles. The summed E-state index contributed by atoms with van der Waals surface area (Å²) >= 11 is 0. The van der Waals surface area contributed by atoms with Crippen LogP contribution in [0.1, 0.15) is 47.5 Å². The fourth-order valence-electron chi connectivity index (χ4n) is 3.62. The molecule has 7 nitrogen and oxygen atoms in total. The minimum absolute atomic E-state index is 0.124. The quantitative estimate of drug-likeness (QED) is 0.718. The average Bonchev–Trinajstić information content (AvgIpc) is 3.17. The number of nitrogens with zero attached hydrogens (tertiary/aromatic N) is 4. The Morgan fingerprint density at radius 2 is 1.93 bits per heavy atom. The number of carbonyl (C=O) groups is 2.